The summed E-state index contributed by atoms with van der Waals surface area (Å²) in [6.07, 6.45) is 0.602. The average molecular weight is 268 g/mol. The summed E-state index contributed by atoms with van der Waals surface area (Å²) in [4.78, 5) is 24.6. The molecular formula is C13H14F2N2O2. The predicted molar refractivity (Wildman–Crippen MR) is 66.2 cm³/mol. The largest absolute Gasteiger partial charge is 0.317 e. The molecule has 1 aromatic carbocycles. The second-order valence-corrected chi connectivity index (χ2v) is 4.27. The number of ketones is 1. The summed E-state index contributed by atoms with van der Waals surface area (Å²) in [6, 6.07) is 1.64. The maximum absolute atomic E-state index is 13.5. The normalized spacial score (nSPS) is 14.2. The SMILES string of the molecule is CCNCCCN1C(=O)C(=O)c2c(F)cc(F)cc21. The van der Waals surface area contributed by atoms with Gasteiger partial charge in [0.05, 0.1) is 11.3 Å². The molecule has 2 rings (SSSR count). The Morgan fingerprint density at radius 1 is 1.26 bits per heavy atom. The molecule has 1 aromatic rings. The number of rotatable bonds is 5. The molecule has 0 aliphatic carbocycles. The lowest BCUT2D eigenvalue weighted by Gasteiger charge is -2.16. The topological polar surface area (TPSA) is 49.4 Å². The van der Waals surface area contributed by atoms with Gasteiger partial charge in [-0.15, -0.1) is 0 Å². The molecule has 4 nitrogen and oxygen atoms in total. The van der Waals surface area contributed by atoms with Crippen LogP contribution in [0.4, 0.5) is 14.5 Å². The summed E-state index contributed by atoms with van der Waals surface area (Å²) in [7, 11) is 0. The van der Waals surface area contributed by atoms with Crippen molar-refractivity contribution in [1.82, 2.24) is 5.32 Å². The van der Waals surface area contributed by atoms with E-state index in [1.165, 1.54) is 0 Å². The number of anilines is 1. The Morgan fingerprint density at radius 2 is 2.00 bits per heavy atom. The summed E-state index contributed by atoms with van der Waals surface area (Å²) in [5, 5.41) is 3.07. The number of nitrogens with one attached hydrogen (secondary N) is 1. The van der Waals surface area contributed by atoms with Gasteiger partial charge in [-0.05, 0) is 25.6 Å². The summed E-state index contributed by atoms with van der Waals surface area (Å²) < 4.78 is 26.7. The van der Waals surface area contributed by atoms with Crippen molar-refractivity contribution < 1.29 is 18.4 Å². The highest BCUT2D eigenvalue weighted by Crippen LogP contribution is 2.31. The number of hydrogen-bond donors (Lipinski definition) is 1. The monoisotopic (exact) mass is 268 g/mol. The minimum Gasteiger partial charge on any atom is -0.317 e. The second kappa shape index (κ2) is 5.44. The number of fused-ring (bicyclic) bond motifs is 1. The smallest absolute Gasteiger partial charge is 0.299 e. The number of halogens is 2. The van der Waals surface area contributed by atoms with Gasteiger partial charge in [0.15, 0.2) is 0 Å². The zero-order valence-electron chi connectivity index (χ0n) is 10.5. The molecule has 0 spiro atoms. The first-order valence-corrected chi connectivity index (χ1v) is 6.12. The van der Waals surface area contributed by atoms with Gasteiger partial charge in [-0.25, -0.2) is 8.78 Å². The Kier molecular flexibility index (Phi) is 3.90. The number of nitrogens with zero attached hydrogens (tertiary/aromatic N) is 1. The van der Waals surface area contributed by atoms with E-state index in [-0.39, 0.29) is 17.8 Å². The molecule has 102 valence electrons. The third-order valence-corrected chi connectivity index (χ3v) is 2.98. The third kappa shape index (κ3) is 2.49. The third-order valence-electron chi connectivity index (χ3n) is 2.98. The molecule has 0 unspecified atom stereocenters. The lowest BCUT2D eigenvalue weighted by Crippen LogP contribution is -2.32. The van der Waals surface area contributed by atoms with Crippen molar-refractivity contribution in [2.75, 3.05) is 24.5 Å². The first kappa shape index (κ1) is 13.6. The highest BCUT2D eigenvalue weighted by molar-refractivity contribution is 6.52. The Bertz CT molecular complexity index is 532. The Labute approximate surface area is 109 Å². The van der Waals surface area contributed by atoms with E-state index in [0.29, 0.717) is 19.0 Å². The van der Waals surface area contributed by atoms with Crippen molar-refractivity contribution in [3.8, 4) is 0 Å². The van der Waals surface area contributed by atoms with Crippen molar-refractivity contribution in [2.45, 2.75) is 13.3 Å². The number of amides is 1. The first-order chi connectivity index (χ1) is 9.06. The quantitative estimate of drug-likeness (QED) is 0.650. The molecule has 0 bridgehead atoms. The van der Waals surface area contributed by atoms with Crippen molar-refractivity contribution in [1.29, 1.82) is 0 Å². The maximum atomic E-state index is 13.5. The number of carbonyl (C=O) groups is 2. The van der Waals surface area contributed by atoms with Crippen LogP contribution in [0, 0.1) is 11.6 Å². The van der Waals surface area contributed by atoms with Crippen molar-refractivity contribution in [3.05, 3.63) is 29.3 Å². The predicted octanol–water partition coefficient (Wildman–Crippen LogP) is 1.49. The fraction of sp³-hybridized carbons (Fsp3) is 0.385. The van der Waals surface area contributed by atoms with E-state index in [1.807, 2.05) is 6.92 Å². The van der Waals surface area contributed by atoms with Gasteiger partial charge in [0.25, 0.3) is 11.7 Å². The maximum Gasteiger partial charge on any atom is 0.299 e. The summed E-state index contributed by atoms with van der Waals surface area (Å²) in [5.41, 5.74) is -0.293. The van der Waals surface area contributed by atoms with Crippen LogP contribution in [0.5, 0.6) is 0 Å². The molecule has 0 saturated heterocycles. The molecule has 6 heteroatoms. The van der Waals surface area contributed by atoms with Crippen LogP contribution in [-0.2, 0) is 4.79 Å². The Hall–Kier alpha value is -1.82. The Balaban J connectivity index is 2.23. The molecule has 1 aliphatic rings. The van der Waals surface area contributed by atoms with E-state index in [0.717, 1.165) is 17.5 Å². The molecular weight excluding hydrogens is 254 g/mol. The van der Waals surface area contributed by atoms with Gasteiger partial charge in [-0.3, -0.25) is 9.59 Å². The molecule has 1 N–H and O–H groups in total. The van der Waals surface area contributed by atoms with Crippen LogP contribution in [0.1, 0.15) is 23.7 Å². The molecule has 0 fully saturated rings. The molecule has 1 amide bonds. The van der Waals surface area contributed by atoms with Gasteiger partial charge in [-0.1, -0.05) is 6.92 Å². The van der Waals surface area contributed by atoms with Crippen LogP contribution in [-0.4, -0.2) is 31.3 Å². The highest BCUT2D eigenvalue weighted by atomic mass is 19.1. The van der Waals surface area contributed by atoms with Crippen LogP contribution in [0.25, 0.3) is 0 Å². The minimum atomic E-state index is -0.984. The van der Waals surface area contributed by atoms with E-state index >= 15 is 0 Å². The lowest BCUT2D eigenvalue weighted by molar-refractivity contribution is -0.114. The van der Waals surface area contributed by atoms with E-state index in [4.69, 9.17) is 0 Å². The van der Waals surface area contributed by atoms with Gasteiger partial charge in [0.1, 0.15) is 11.6 Å². The fourth-order valence-corrected chi connectivity index (χ4v) is 2.10. The van der Waals surface area contributed by atoms with Crippen molar-refractivity contribution in [3.63, 3.8) is 0 Å². The van der Waals surface area contributed by atoms with Crippen LogP contribution in [0.2, 0.25) is 0 Å². The van der Waals surface area contributed by atoms with Gasteiger partial charge < -0.3 is 10.2 Å². The molecule has 0 radical (unpaired) electrons. The van der Waals surface area contributed by atoms with Crippen LogP contribution < -0.4 is 10.2 Å². The van der Waals surface area contributed by atoms with Crippen LogP contribution in [0.15, 0.2) is 12.1 Å². The van der Waals surface area contributed by atoms with Crippen LogP contribution in [0.3, 0.4) is 0 Å². The number of carbonyl (C=O) groups excluding carboxylic acids is 2. The van der Waals surface area contributed by atoms with Gasteiger partial charge >= 0.3 is 0 Å². The fourth-order valence-electron chi connectivity index (χ4n) is 2.10. The molecule has 0 atom stereocenters. The zero-order valence-corrected chi connectivity index (χ0v) is 10.5. The van der Waals surface area contributed by atoms with Gasteiger partial charge in [-0.2, -0.15) is 0 Å². The number of hydrogen-bond acceptors (Lipinski definition) is 3. The summed E-state index contributed by atoms with van der Waals surface area (Å²) >= 11 is 0. The molecule has 19 heavy (non-hydrogen) atoms. The molecule has 1 heterocycles. The van der Waals surface area contributed by atoms with Crippen LogP contribution >= 0.6 is 0 Å². The van der Waals surface area contributed by atoms with Crippen molar-refractivity contribution in [2.24, 2.45) is 0 Å². The number of benzene rings is 1. The van der Waals surface area contributed by atoms with E-state index in [2.05, 4.69) is 5.32 Å². The van der Waals surface area contributed by atoms with E-state index < -0.39 is 23.3 Å². The van der Waals surface area contributed by atoms with E-state index in [9.17, 15) is 18.4 Å². The standard InChI is InChI=1S/C13H14F2N2O2/c1-2-16-4-3-5-17-10-7-8(14)6-9(15)11(10)12(18)13(17)19/h6-7,16H,2-5H2,1H3. The zero-order chi connectivity index (χ0) is 14.0. The lowest BCUT2D eigenvalue weighted by atomic mass is 10.1. The molecule has 1 aliphatic heterocycles. The molecule has 0 saturated carbocycles. The summed E-state index contributed by atoms with van der Waals surface area (Å²) in [6.45, 7) is 3.67. The van der Waals surface area contributed by atoms with Gasteiger partial charge in [0.2, 0.25) is 0 Å². The average Bonchev–Trinajstić information content (AvgIpc) is 2.59. The summed E-state index contributed by atoms with van der Waals surface area (Å²) in [5.74, 6) is -3.48. The van der Waals surface area contributed by atoms with Crippen molar-refractivity contribution >= 4 is 17.4 Å². The highest BCUT2D eigenvalue weighted by Gasteiger charge is 2.38. The van der Waals surface area contributed by atoms with Gasteiger partial charge in [0, 0.05) is 12.6 Å². The Morgan fingerprint density at radius 3 is 2.68 bits per heavy atom. The number of Topliss-reactive ketones (excluding diaryl/α,β-unsaturated/α-hetero) is 1. The first-order valence-electron chi connectivity index (χ1n) is 6.12. The molecule has 0 aromatic heterocycles. The van der Waals surface area contributed by atoms with E-state index in [1.54, 1.807) is 0 Å². The minimum absolute atomic E-state index is 0.0315. The second-order valence-electron chi connectivity index (χ2n) is 4.27.